The first-order valence-corrected chi connectivity index (χ1v) is 7.47. The molecule has 0 radical (unpaired) electrons. The summed E-state index contributed by atoms with van der Waals surface area (Å²) >= 11 is 3.52. The average Bonchev–Trinajstić information content (AvgIpc) is 2.39. The molecular weight excluding hydrogens is 308 g/mol. The van der Waals surface area contributed by atoms with E-state index >= 15 is 0 Å². The zero-order chi connectivity index (χ0) is 13.8. The van der Waals surface area contributed by atoms with Gasteiger partial charge in [0.25, 0.3) is 0 Å². The van der Waals surface area contributed by atoms with Crippen LogP contribution in [0.25, 0.3) is 0 Å². The minimum absolute atomic E-state index is 0.231. The molecule has 2 rings (SSSR count). The third-order valence-corrected chi connectivity index (χ3v) is 4.27. The number of anilines is 1. The fourth-order valence-corrected chi connectivity index (χ4v) is 3.12. The van der Waals surface area contributed by atoms with Gasteiger partial charge in [-0.15, -0.1) is 0 Å². The van der Waals surface area contributed by atoms with Crippen molar-refractivity contribution in [2.24, 2.45) is 0 Å². The lowest BCUT2D eigenvalue weighted by Crippen LogP contribution is -2.47. The van der Waals surface area contributed by atoms with Crippen molar-refractivity contribution in [2.75, 3.05) is 44.2 Å². The molecule has 1 aromatic rings. The van der Waals surface area contributed by atoms with Crippen LogP contribution in [-0.4, -0.2) is 54.4 Å². The highest BCUT2D eigenvalue weighted by molar-refractivity contribution is 9.10. The molecule has 0 spiro atoms. The summed E-state index contributed by atoms with van der Waals surface area (Å²) in [4.78, 5) is 4.61. The van der Waals surface area contributed by atoms with Gasteiger partial charge in [0.2, 0.25) is 0 Å². The molecule has 5 heteroatoms. The first-order valence-electron chi connectivity index (χ1n) is 6.67. The van der Waals surface area contributed by atoms with Crippen LogP contribution in [0.2, 0.25) is 0 Å². The van der Waals surface area contributed by atoms with Gasteiger partial charge in [0.15, 0.2) is 0 Å². The topological polar surface area (TPSA) is 46.9 Å². The van der Waals surface area contributed by atoms with Crippen LogP contribution in [0.15, 0.2) is 22.7 Å². The maximum absolute atomic E-state index is 9.63. The van der Waals surface area contributed by atoms with Gasteiger partial charge in [-0.2, -0.15) is 0 Å². The Bertz CT molecular complexity index is 418. The van der Waals surface area contributed by atoms with Crippen molar-refractivity contribution in [2.45, 2.75) is 13.0 Å². The largest absolute Gasteiger partial charge is 0.395 e. The zero-order valence-corrected chi connectivity index (χ0v) is 12.8. The van der Waals surface area contributed by atoms with Crippen LogP contribution in [0.5, 0.6) is 0 Å². The van der Waals surface area contributed by atoms with E-state index in [-0.39, 0.29) is 6.61 Å². The van der Waals surface area contributed by atoms with Crippen molar-refractivity contribution in [1.29, 1.82) is 0 Å². The van der Waals surface area contributed by atoms with E-state index in [2.05, 4.69) is 37.9 Å². The normalized spacial score (nSPS) is 18.6. The summed E-state index contributed by atoms with van der Waals surface area (Å²) in [6.07, 6.45) is -0.454. The Morgan fingerprint density at radius 3 is 2.47 bits per heavy atom. The molecule has 0 saturated carbocycles. The second-order valence-corrected chi connectivity index (χ2v) is 5.79. The molecule has 0 aliphatic carbocycles. The van der Waals surface area contributed by atoms with E-state index in [1.165, 1.54) is 5.69 Å². The van der Waals surface area contributed by atoms with Crippen LogP contribution >= 0.6 is 15.9 Å². The minimum Gasteiger partial charge on any atom is -0.395 e. The smallest absolute Gasteiger partial charge is 0.0772 e. The second kappa shape index (κ2) is 6.70. The van der Waals surface area contributed by atoms with Gasteiger partial charge in [-0.25, -0.2) is 0 Å². The number of halogens is 1. The number of hydrogen-bond donors (Lipinski definition) is 2. The van der Waals surface area contributed by atoms with Gasteiger partial charge in [0.1, 0.15) is 0 Å². The molecule has 0 bridgehead atoms. The van der Waals surface area contributed by atoms with Crippen molar-refractivity contribution in [3.05, 3.63) is 28.2 Å². The Hall–Kier alpha value is -0.620. The summed E-state index contributed by atoms with van der Waals surface area (Å²) in [5.74, 6) is 0. The standard InChI is InChI=1S/C14H21BrN2O2/c1-11(19)13-3-2-12(10-14(13)15)17-6-4-16(5-7-17)8-9-18/h2-3,10-11,18-19H,4-9H2,1H3/t11-/m0/s1. The molecular formula is C14H21BrN2O2. The summed E-state index contributed by atoms with van der Waals surface area (Å²) in [6.45, 7) is 6.67. The molecule has 1 saturated heterocycles. The van der Waals surface area contributed by atoms with Crippen LogP contribution < -0.4 is 4.90 Å². The van der Waals surface area contributed by atoms with Gasteiger partial charge in [-0.05, 0) is 24.6 Å². The van der Waals surface area contributed by atoms with Crippen molar-refractivity contribution in [3.8, 4) is 0 Å². The molecule has 1 fully saturated rings. The summed E-state index contributed by atoms with van der Waals surface area (Å²) < 4.78 is 0.956. The number of aliphatic hydroxyl groups excluding tert-OH is 2. The van der Waals surface area contributed by atoms with Crippen LogP contribution in [-0.2, 0) is 0 Å². The third-order valence-electron chi connectivity index (χ3n) is 3.59. The SMILES string of the molecule is C[C@H](O)c1ccc(N2CCN(CCO)CC2)cc1Br. The maximum Gasteiger partial charge on any atom is 0.0772 e. The van der Waals surface area contributed by atoms with E-state index in [4.69, 9.17) is 5.11 Å². The number of nitrogens with zero attached hydrogens (tertiary/aromatic N) is 2. The van der Waals surface area contributed by atoms with Crippen LogP contribution in [0.1, 0.15) is 18.6 Å². The number of β-amino-alcohol motifs (C(OH)–C–C–N with tert-alkyl or cyclic N) is 1. The Morgan fingerprint density at radius 2 is 1.95 bits per heavy atom. The predicted molar refractivity (Wildman–Crippen MR) is 80.5 cm³/mol. The molecule has 106 valence electrons. The van der Waals surface area contributed by atoms with Crippen LogP contribution in [0.4, 0.5) is 5.69 Å². The Kier molecular flexibility index (Phi) is 5.21. The van der Waals surface area contributed by atoms with Gasteiger partial charge < -0.3 is 15.1 Å². The van der Waals surface area contributed by atoms with Gasteiger partial charge in [-0.3, -0.25) is 4.90 Å². The van der Waals surface area contributed by atoms with E-state index in [9.17, 15) is 5.11 Å². The molecule has 1 aromatic carbocycles. The van der Waals surface area contributed by atoms with Gasteiger partial charge in [0, 0.05) is 42.9 Å². The lowest BCUT2D eigenvalue weighted by atomic mass is 10.1. The van der Waals surface area contributed by atoms with Crippen molar-refractivity contribution < 1.29 is 10.2 Å². The summed E-state index contributed by atoms with van der Waals surface area (Å²) in [5.41, 5.74) is 2.10. The summed E-state index contributed by atoms with van der Waals surface area (Å²) in [6, 6.07) is 6.11. The number of rotatable bonds is 4. The molecule has 4 nitrogen and oxygen atoms in total. The van der Waals surface area contributed by atoms with E-state index < -0.39 is 6.10 Å². The van der Waals surface area contributed by atoms with E-state index in [0.717, 1.165) is 42.8 Å². The quantitative estimate of drug-likeness (QED) is 0.881. The number of aliphatic hydroxyl groups is 2. The molecule has 1 atom stereocenters. The Morgan fingerprint density at radius 1 is 1.26 bits per heavy atom. The highest BCUT2D eigenvalue weighted by Gasteiger charge is 2.17. The van der Waals surface area contributed by atoms with Gasteiger partial charge >= 0.3 is 0 Å². The molecule has 19 heavy (non-hydrogen) atoms. The van der Waals surface area contributed by atoms with Gasteiger partial charge in [0.05, 0.1) is 12.7 Å². The fraction of sp³-hybridized carbons (Fsp3) is 0.571. The zero-order valence-electron chi connectivity index (χ0n) is 11.2. The van der Waals surface area contributed by atoms with Gasteiger partial charge in [-0.1, -0.05) is 22.0 Å². The molecule has 2 N–H and O–H groups in total. The Labute approximate surface area is 122 Å². The highest BCUT2D eigenvalue weighted by atomic mass is 79.9. The third kappa shape index (κ3) is 3.69. The monoisotopic (exact) mass is 328 g/mol. The van der Waals surface area contributed by atoms with Crippen molar-refractivity contribution >= 4 is 21.6 Å². The van der Waals surface area contributed by atoms with Crippen LogP contribution in [0.3, 0.4) is 0 Å². The van der Waals surface area contributed by atoms with E-state index in [1.54, 1.807) is 6.92 Å². The molecule has 1 aliphatic rings. The number of benzene rings is 1. The molecule has 1 heterocycles. The lowest BCUT2D eigenvalue weighted by molar-refractivity contribution is 0.188. The fourth-order valence-electron chi connectivity index (χ4n) is 2.42. The average molecular weight is 329 g/mol. The Balaban J connectivity index is 2.02. The summed E-state index contributed by atoms with van der Waals surface area (Å²) in [5, 5.41) is 18.6. The molecule has 0 aromatic heterocycles. The van der Waals surface area contributed by atoms with Crippen molar-refractivity contribution in [1.82, 2.24) is 4.90 Å². The molecule has 0 amide bonds. The summed E-state index contributed by atoms with van der Waals surface area (Å²) in [7, 11) is 0. The maximum atomic E-state index is 9.63. The lowest BCUT2D eigenvalue weighted by Gasteiger charge is -2.36. The van der Waals surface area contributed by atoms with E-state index in [1.807, 2.05) is 6.07 Å². The second-order valence-electron chi connectivity index (χ2n) is 4.93. The molecule has 1 aliphatic heterocycles. The van der Waals surface area contributed by atoms with E-state index in [0.29, 0.717) is 0 Å². The number of piperazine rings is 1. The highest BCUT2D eigenvalue weighted by Crippen LogP contribution is 2.28. The van der Waals surface area contributed by atoms with Crippen molar-refractivity contribution in [3.63, 3.8) is 0 Å². The first-order chi connectivity index (χ1) is 9.11. The number of hydrogen-bond acceptors (Lipinski definition) is 4. The first kappa shape index (κ1) is 14.8. The minimum atomic E-state index is -0.454. The van der Waals surface area contributed by atoms with Crippen LogP contribution in [0, 0.1) is 0 Å². The molecule has 0 unspecified atom stereocenters. The predicted octanol–water partition coefficient (Wildman–Crippen LogP) is 1.62.